The van der Waals surface area contributed by atoms with Gasteiger partial charge < -0.3 is 9.80 Å². The maximum atomic E-state index is 12.9. The minimum atomic E-state index is 0.204. The van der Waals surface area contributed by atoms with Gasteiger partial charge in [0.25, 0.3) is 0 Å². The van der Waals surface area contributed by atoms with Crippen LogP contribution in [0.5, 0.6) is 0 Å². The van der Waals surface area contributed by atoms with Gasteiger partial charge in [0.2, 0.25) is 5.91 Å². The quantitative estimate of drug-likeness (QED) is 0.799. The molecule has 0 saturated carbocycles. The molecular formula is C21H26N2O. The summed E-state index contributed by atoms with van der Waals surface area (Å²) < 4.78 is 0. The predicted molar refractivity (Wildman–Crippen MR) is 99.0 cm³/mol. The van der Waals surface area contributed by atoms with E-state index in [2.05, 4.69) is 17.0 Å². The number of benzene rings is 2. The van der Waals surface area contributed by atoms with Crippen molar-refractivity contribution in [2.45, 2.75) is 32.2 Å². The maximum absolute atomic E-state index is 12.9. The number of para-hydroxylation sites is 1. The van der Waals surface area contributed by atoms with Gasteiger partial charge in [-0.2, -0.15) is 0 Å². The molecule has 126 valence electrons. The summed E-state index contributed by atoms with van der Waals surface area (Å²) in [4.78, 5) is 17.2. The van der Waals surface area contributed by atoms with Crippen LogP contribution in [0.4, 0.5) is 5.69 Å². The third kappa shape index (κ3) is 4.68. The molecule has 0 atom stereocenters. The Morgan fingerprint density at radius 2 is 1.50 bits per heavy atom. The third-order valence-electron chi connectivity index (χ3n) is 4.64. The van der Waals surface area contributed by atoms with Crippen LogP contribution in [0.3, 0.4) is 0 Å². The highest BCUT2D eigenvalue weighted by atomic mass is 16.2. The summed E-state index contributed by atoms with van der Waals surface area (Å²) in [6.45, 7) is 3.77. The van der Waals surface area contributed by atoms with Crippen LogP contribution in [-0.2, 0) is 11.3 Å². The molecule has 0 aromatic heterocycles. The number of carbonyl (C=O) groups is 1. The van der Waals surface area contributed by atoms with Gasteiger partial charge in [-0.25, -0.2) is 0 Å². The molecule has 1 fully saturated rings. The van der Waals surface area contributed by atoms with Crippen molar-refractivity contribution in [3.63, 3.8) is 0 Å². The van der Waals surface area contributed by atoms with Gasteiger partial charge in [-0.3, -0.25) is 4.79 Å². The molecule has 1 heterocycles. The van der Waals surface area contributed by atoms with Gasteiger partial charge in [-0.15, -0.1) is 0 Å². The van der Waals surface area contributed by atoms with Gasteiger partial charge in [0.05, 0.1) is 6.54 Å². The lowest BCUT2D eigenvalue weighted by Crippen LogP contribution is -2.36. The minimum Gasteiger partial charge on any atom is -0.308 e. The van der Waals surface area contributed by atoms with E-state index >= 15 is 0 Å². The Labute approximate surface area is 144 Å². The number of anilines is 1. The average Bonchev–Trinajstić information content (AvgIpc) is 2.66. The first kappa shape index (κ1) is 16.7. The van der Waals surface area contributed by atoms with E-state index in [0.29, 0.717) is 13.0 Å². The standard InChI is InChI=1S/C21H26N2O/c24-21(14-17-22-15-8-3-9-16-22)23(20-12-6-2-7-13-20)18-19-10-4-1-5-11-19/h1-2,4-7,10-13H,3,8-9,14-18H2. The average molecular weight is 322 g/mol. The summed E-state index contributed by atoms with van der Waals surface area (Å²) in [6, 6.07) is 20.2. The first-order valence-corrected chi connectivity index (χ1v) is 8.94. The molecule has 2 aromatic rings. The minimum absolute atomic E-state index is 0.204. The van der Waals surface area contributed by atoms with Crippen LogP contribution in [0.15, 0.2) is 60.7 Å². The highest BCUT2D eigenvalue weighted by molar-refractivity contribution is 5.93. The fourth-order valence-corrected chi connectivity index (χ4v) is 3.27. The van der Waals surface area contributed by atoms with E-state index in [1.165, 1.54) is 19.3 Å². The largest absolute Gasteiger partial charge is 0.308 e. The molecular weight excluding hydrogens is 296 g/mol. The summed E-state index contributed by atoms with van der Waals surface area (Å²) in [5.41, 5.74) is 2.14. The molecule has 0 bridgehead atoms. The number of carbonyl (C=O) groups excluding carboxylic acids is 1. The van der Waals surface area contributed by atoms with Gasteiger partial charge in [0.15, 0.2) is 0 Å². The van der Waals surface area contributed by atoms with Crippen molar-refractivity contribution in [2.75, 3.05) is 24.5 Å². The van der Waals surface area contributed by atoms with Crippen molar-refractivity contribution in [1.29, 1.82) is 0 Å². The Morgan fingerprint density at radius 3 is 2.17 bits per heavy atom. The van der Waals surface area contributed by atoms with E-state index in [-0.39, 0.29) is 5.91 Å². The molecule has 0 N–H and O–H groups in total. The second-order valence-corrected chi connectivity index (χ2v) is 6.45. The van der Waals surface area contributed by atoms with E-state index < -0.39 is 0 Å². The normalized spacial score (nSPS) is 15.2. The van der Waals surface area contributed by atoms with Crippen LogP contribution in [0.2, 0.25) is 0 Å². The molecule has 1 amide bonds. The molecule has 0 spiro atoms. The molecule has 0 unspecified atom stereocenters. The SMILES string of the molecule is O=C(CCN1CCCCC1)N(Cc1ccccc1)c1ccccc1. The summed E-state index contributed by atoms with van der Waals surface area (Å²) in [5.74, 6) is 0.204. The Morgan fingerprint density at radius 1 is 0.875 bits per heavy atom. The number of nitrogens with zero attached hydrogens (tertiary/aromatic N) is 2. The molecule has 1 aliphatic heterocycles. The second-order valence-electron chi connectivity index (χ2n) is 6.45. The van der Waals surface area contributed by atoms with E-state index in [1.54, 1.807) is 0 Å². The zero-order chi connectivity index (χ0) is 16.6. The molecule has 0 aliphatic carbocycles. The van der Waals surface area contributed by atoms with Gasteiger partial charge in [-0.05, 0) is 43.6 Å². The fourth-order valence-electron chi connectivity index (χ4n) is 3.27. The summed E-state index contributed by atoms with van der Waals surface area (Å²) in [7, 11) is 0. The number of piperidine rings is 1. The number of hydrogen-bond acceptors (Lipinski definition) is 2. The number of rotatable bonds is 6. The first-order chi connectivity index (χ1) is 11.8. The molecule has 2 aromatic carbocycles. The molecule has 3 heteroatoms. The van der Waals surface area contributed by atoms with Gasteiger partial charge in [-0.1, -0.05) is 55.0 Å². The van der Waals surface area contributed by atoms with E-state index in [4.69, 9.17) is 0 Å². The number of amides is 1. The van der Waals surface area contributed by atoms with Crippen LogP contribution >= 0.6 is 0 Å². The highest BCUT2D eigenvalue weighted by Gasteiger charge is 2.18. The van der Waals surface area contributed by atoms with Crippen molar-refractivity contribution in [3.8, 4) is 0 Å². The molecule has 1 saturated heterocycles. The smallest absolute Gasteiger partial charge is 0.228 e. The Kier molecular flexibility index (Phi) is 6.02. The summed E-state index contributed by atoms with van der Waals surface area (Å²) >= 11 is 0. The van der Waals surface area contributed by atoms with Gasteiger partial charge in [0.1, 0.15) is 0 Å². The van der Waals surface area contributed by atoms with E-state index in [0.717, 1.165) is 30.9 Å². The maximum Gasteiger partial charge on any atom is 0.228 e. The number of likely N-dealkylation sites (tertiary alicyclic amines) is 1. The second kappa shape index (κ2) is 8.65. The third-order valence-corrected chi connectivity index (χ3v) is 4.64. The lowest BCUT2D eigenvalue weighted by Gasteiger charge is -2.28. The van der Waals surface area contributed by atoms with Crippen molar-refractivity contribution in [2.24, 2.45) is 0 Å². The van der Waals surface area contributed by atoms with Crippen molar-refractivity contribution in [1.82, 2.24) is 4.90 Å². The van der Waals surface area contributed by atoms with Crippen LogP contribution in [0.25, 0.3) is 0 Å². The lowest BCUT2D eigenvalue weighted by molar-refractivity contribution is -0.119. The van der Waals surface area contributed by atoms with E-state index in [9.17, 15) is 4.79 Å². The van der Waals surface area contributed by atoms with Gasteiger partial charge >= 0.3 is 0 Å². The van der Waals surface area contributed by atoms with Crippen LogP contribution in [0, 0.1) is 0 Å². The zero-order valence-electron chi connectivity index (χ0n) is 14.2. The van der Waals surface area contributed by atoms with Crippen LogP contribution in [-0.4, -0.2) is 30.4 Å². The highest BCUT2D eigenvalue weighted by Crippen LogP contribution is 2.18. The Hall–Kier alpha value is -2.13. The topological polar surface area (TPSA) is 23.6 Å². The van der Waals surface area contributed by atoms with E-state index in [1.807, 2.05) is 53.4 Å². The van der Waals surface area contributed by atoms with Crippen LogP contribution in [0.1, 0.15) is 31.2 Å². The fraction of sp³-hybridized carbons (Fsp3) is 0.381. The predicted octanol–water partition coefficient (Wildman–Crippen LogP) is 4.10. The molecule has 24 heavy (non-hydrogen) atoms. The zero-order valence-corrected chi connectivity index (χ0v) is 14.2. The molecule has 1 aliphatic rings. The van der Waals surface area contributed by atoms with Gasteiger partial charge in [0, 0.05) is 18.7 Å². The summed E-state index contributed by atoms with van der Waals surface area (Å²) in [6.07, 6.45) is 4.44. The monoisotopic (exact) mass is 322 g/mol. The number of hydrogen-bond donors (Lipinski definition) is 0. The molecule has 3 rings (SSSR count). The molecule has 3 nitrogen and oxygen atoms in total. The lowest BCUT2D eigenvalue weighted by atomic mass is 10.1. The van der Waals surface area contributed by atoms with Crippen molar-refractivity contribution >= 4 is 11.6 Å². The van der Waals surface area contributed by atoms with Crippen molar-refractivity contribution in [3.05, 3.63) is 66.2 Å². The Balaban J connectivity index is 1.67. The summed E-state index contributed by atoms with van der Waals surface area (Å²) in [5, 5.41) is 0. The van der Waals surface area contributed by atoms with Crippen molar-refractivity contribution < 1.29 is 4.79 Å². The first-order valence-electron chi connectivity index (χ1n) is 8.94. The Bertz CT molecular complexity index is 621. The molecule has 0 radical (unpaired) electrons. The van der Waals surface area contributed by atoms with Crippen LogP contribution < -0.4 is 4.90 Å².